The van der Waals surface area contributed by atoms with E-state index in [9.17, 15) is 10.1 Å². The third kappa shape index (κ3) is 2.87. The quantitative estimate of drug-likeness (QED) is 0.454. The van der Waals surface area contributed by atoms with Crippen LogP contribution in [-0.2, 0) is 6.54 Å². The van der Waals surface area contributed by atoms with Crippen molar-refractivity contribution in [1.82, 2.24) is 4.90 Å². The lowest BCUT2D eigenvalue weighted by atomic mass is 10.2. The van der Waals surface area contributed by atoms with E-state index in [0.717, 1.165) is 12.8 Å². The van der Waals surface area contributed by atoms with E-state index < -0.39 is 4.92 Å². The molecule has 18 heavy (non-hydrogen) atoms. The summed E-state index contributed by atoms with van der Waals surface area (Å²) in [5, 5.41) is 19.4. The molecule has 1 aliphatic rings. The first-order valence-electron chi connectivity index (χ1n) is 6.05. The van der Waals surface area contributed by atoms with Crippen LogP contribution in [0.2, 0.25) is 0 Å². The van der Waals surface area contributed by atoms with E-state index in [4.69, 9.17) is 9.68 Å². The lowest BCUT2D eigenvalue weighted by Crippen LogP contribution is -2.32. The molecule has 0 spiro atoms. The highest BCUT2D eigenvalue weighted by molar-refractivity contribution is 5.17. The van der Waals surface area contributed by atoms with Crippen molar-refractivity contribution in [3.8, 4) is 6.07 Å². The maximum absolute atomic E-state index is 10.5. The lowest BCUT2D eigenvalue weighted by molar-refractivity contribution is -0.402. The smallest absolute Gasteiger partial charge is 0.404 e. The van der Waals surface area contributed by atoms with Gasteiger partial charge >= 0.3 is 5.88 Å². The fourth-order valence-electron chi connectivity index (χ4n) is 2.42. The molecule has 0 radical (unpaired) electrons. The van der Waals surface area contributed by atoms with Gasteiger partial charge in [-0.05, 0) is 18.9 Å². The van der Waals surface area contributed by atoms with Crippen molar-refractivity contribution < 1.29 is 9.34 Å². The van der Waals surface area contributed by atoms with Gasteiger partial charge in [0, 0.05) is 6.04 Å². The van der Waals surface area contributed by atoms with Gasteiger partial charge in [-0.2, -0.15) is 5.26 Å². The number of hydrogen-bond acceptors (Lipinski definition) is 5. The first kappa shape index (κ1) is 12.6. The van der Waals surface area contributed by atoms with Crippen molar-refractivity contribution in [3.05, 3.63) is 28.0 Å². The fraction of sp³-hybridized carbons (Fsp3) is 0.583. The van der Waals surface area contributed by atoms with Crippen molar-refractivity contribution in [1.29, 1.82) is 5.26 Å². The molecular formula is C12H15N3O3. The van der Waals surface area contributed by atoms with Crippen molar-refractivity contribution in [3.63, 3.8) is 0 Å². The maximum Gasteiger partial charge on any atom is 0.433 e. The summed E-state index contributed by atoms with van der Waals surface area (Å²) in [4.78, 5) is 12.0. The predicted molar refractivity (Wildman–Crippen MR) is 63.6 cm³/mol. The summed E-state index contributed by atoms with van der Waals surface area (Å²) < 4.78 is 5.13. The van der Waals surface area contributed by atoms with Gasteiger partial charge in [0.2, 0.25) is 0 Å². The Morgan fingerprint density at radius 2 is 2.22 bits per heavy atom. The van der Waals surface area contributed by atoms with Crippen LogP contribution in [0.1, 0.15) is 31.4 Å². The molecule has 1 aliphatic carbocycles. The van der Waals surface area contributed by atoms with Gasteiger partial charge in [-0.25, -0.2) is 0 Å². The minimum atomic E-state index is -0.548. The molecule has 0 amide bonds. The summed E-state index contributed by atoms with van der Waals surface area (Å²) in [5.41, 5.74) is 0. The van der Waals surface area contributed by atoms with Crippen LogP contribution in [0.4, 0.5) is 5.88 Å². The van der Waals surface area contributed by atoms with Crippen molar-refractivity contribution in [2.24, 2.45) is 0 Å². The minimum Gasteiger partial charge on any atom is -0.404 e. The Labute approximate surface area is 105 Å². The average Bonchev–Trinajstić information content (AvgIpc) is 2.99. The standard InChI is InChI=1S/C12H15N3O3/c13-7-8-14(10-3-1-2-4-10)9-11-5-6-12(18-11)15(16)17/h5-6,10H,1-4,8-9H2. The summed E-state index contributed by atoms with van der Waals surface area (Å²) >= 11 is 0. The molecule has 0 aromatic carbocycles. The highest BCUT2D eigenvalue weighted by Gasteiger charge is 2.24. The second-order valence-corrected chi connectivity index (χ2v) is 4.50. The third-order valence-electron chi connectivity index (χ3n) is 3.30. The fourth-order valence-corrected chi connectivity index (χ4v) is 2.42. The summed E-state index contributed by atoms with van der Waals surface area (Å²) in [6.45, 7) is 0.797. The molecule has 6 nitrogen and oxygen atoms in total. The Bertz CT molecular complexity index is 457. The Balaban J connectivity index is 2.03. The zero-order valence-corrected chi connectivity index (χ0v) is 10.0. The molecule has 1 aromatic rings. The van der Waals surface area contributed by atoms with Crippen LogP contribution in [-0.4, -0.2) is 22.4 Å². The maximum atomic E-state index is 10.5. The van der Waals surface area contributed by atoms with Crippen LogP contribution in [0.5, 0.6) is 0 Å². The zero-order chi connectivity index (χ0) is 13.0. The van der Waals surface area contributed by atoms with Gasteiger partial charge in [0.05, 0.1) is 25.2 Å². The van der Waals surface area contributed by atoms with Crippen molar-refractivity contribution in [2.75, 3.05) is 6.54 Å². The highest BCUT2D eigenvalue weighted by atomic mass is 16.6. The summed E-state index contributed by atoms with van der Waals surface area (Å²) in [6, 6.07) is 5.51. The second-order valence-electron chi connectivity index (χ2n) is 4.50. The minimum absolute atomic E-state index is 0.242. The molecule has 0 atom stereocenters. The Hall–Kier alpha value is -1.87. The largest absolute Gasteiger partial charge is 0.433 e. The van der Waals surface area contributed by atoms with E-state index in [0.29, 0.717) is 24.9 Å². The Morgan fingerprint density at radius 3 is 2.78 bits per heavy atom. The Kier molecular flexibility index (Phi) is 3.95. The molecule has 0 saturated heterocycles. The molecule has 6 heteroatoms. The number of nitrogens with zero attached hydrogens (tertiary/aromatic N) is 3. The number of nitro groups is 1. The predicted octanol–water partition coefficient (Wildman–Crippen LogP) is 2.46. The van der Waals surface area contributed by atoms with Crippen molar-refractivity contribution in [2.45, 2.75) is 38.3 Å². The SMILES string of the molecule is N#CCN(Cc1ccc([N+](=O)[O-])o1)C1CCCC1. The van der Waals surface area contributed by atoms with Gasteiger partial charge in [-0.3, -0.25) is 15.0 Å². The summed E-state index contributed by atoms with van der Waals surface area (Å²) in [7, 11) is 0. The van der Waals surface area contributed by atoms with Crippen LogP contribution >= 0.6 is 0 Å². The van der Waals surface area contributed by atoms with Gasteiger partial charge in [0.25, 0.3) is 0 Å². The van der Waals surface area contributed by atoms with E-state index in [1.807, 2.05) is 4.90 Å². The van der Waals surface area contributed by atoms with Gasteiger partial charge in [0.1, 0.15) is 10.7 Å². The molecule has 0 unspecified atom stereocenters. The van der Waals surface area contributed by atoms with Crippen LogP contribution < -0.4 is 0 Å². The molecule has 0 aliphatic heterocycles. The van der Waals surface area contributed by atoms with E-state index in [2.05, 4.69) is 6.07 Å². The summed E-state index contributed by atoms with van der Waals surface area (Å²) in [6.07, 6.45) is 4.55. The third-order valence-corrected chi connectivity index (χ3v) is 3.30. The van der Waals surface area contributed by atoms with Gasteiger partial charge in [-0.15, -0.1) is 0 Å². The zero-order valence-electron chi connectivity index (χ0n) is 10.0. The molecule has 1 saturated carbocycles. The van der Waals surface area contributed by atoms with Crippen LogP contribution in [0, 0.1) is 21.4 Å². The first-order valence-corrected chi connectivity index (χ1v) is 6.05. The average molecular weight is 249 g/mol. The molecule has 1 heterocycles. The van der Waals surface area contributed by atoms with Gasteiger partial charge < -0.3 is 4.42 Å². The first-order chi connectivity index (χ1) is 8.70. The molecule has 2 rings (SSSR count). The molecular weight excluding hydrogens is 234 g/mol. The van der Waals surface area contributed by atoms with E-state index in [1.54, 1.807) is 6.07 Å². The normalized spacial score (nSPS) is 16.0. The molecule has 96 valence electrons. The van der Waals surface area contributed by atoms with E-state index in [-0.39, 0.29) is 5.88 Å². The van der Waals surface area contributed by atoms with Crippen molar-refractivity contribution >= 4 is 5.88 Å². The van der Waals surface area contributed by atoms with Gasteiger partial charge in [0.15, 0.2) is 0 Å². The van der Waals surface area contributed by atoms with E-state index >= 15 is 0 Å². The number of furan rings is 1. The Morgan fingerprint density at radius 1 is 1.50 bits per heavy atom. The number of rotatable bonds is 5. The van der Waals surface area contributed by atoms with Crippen LogP contribution in [0.25, 0.3) is 0 Å². The van der Waals surface area contributed by atoms with Crippen LogP contribution in [0.3, 0.4) is 0 Å². The number of hydrogen-bond donors (Lipinski definition) is 0. The molecule has 0 N–H and O–H groups in total. The molecule has 0 bridgehead atoms. The number of nitriles is 1. The monoisotopic (exact) mass is 249 g/mol. The summed E-state index contributed by atoms with van der Waals surface area (Å²) in [5.74, 6) is 0.303. The molecule has 1 aromatic heterocycles. The molecule has 1 fully saturated rings. The van der Waals surface area contributed by atoms with Crippen LogP contribution in [0.15, 0.2) is 16.5 Å². The second kappa shape index (κ2) is 5.65. The topological polar surface area (TPSA) is 83.3 Å². The van der Waals surface area contributed by atoms with Gasteiger partial charge in [-0.1, -0.05) is 12.8 Å². The highest BCUT2D eigenvalue weighted by Crippen LogP contribution is 2.25. The lowest BCUT2D eigenvalue weighted by Gasteiger charge is -2.24. The van der Waals surface area contributed by atoms with E-state index in [1.165, 1.54) is 18.9 Å².